The molecule has 1 nitrogen and oxygen atoms in total. The predicted molar refractivity (Wildman–Crippen MR) is 59.6 cm³/mol. The van der Waals surface area contributed by atoms with Crippen molar-refractivity contribution in [2.24, 2.45) is 0 Å². The third-order valence-corrected chi connectivity index (χ3v) is 3.16. The zero-order valence-corrected chi connectivity index (χ0v) is 8.35. The van der Waals surface area contributed by atoms with Crippen LogP contribution in [0.1, 0.15) is 16.7 Å². The van der Waals surface area contributed by atoms with E-state index in [9.17, 15) is 5.11 Å². The molecule has 0 amide bonds. The Morgan fingerprint density at radius 2 is 1.53 bits per heavy atom. The lowest BCUT2D eigenvalue weighted by molar-refractivity contribution is 0.0563. The Labute approximate surface area is 89.0 Å². The summed E-state index contributed by atoms with van der Waals surface area (Å²) in [6, 6.07) is 17.9. The van der Waals surface area contributed by atoms with Crippen LogP contribution in [0.2, 0.25) is 0 Å². The minimum Gasteiger partial charge on any atom is -0.380 e. The first kappa shape index (κ1) is 8.69. The normalized spacial score (nSPS) is 23.0. The fourth-order valence-electron chi connectivity index (χ4n) is 2.31. The quantitative estimate of drug-likeness (QED) is 0.743. The lowest BCUT2D eigenvalue weighted by atomic mass is 9.70. The molecule has 2 aromatic rings. The molecule has 74 valence electrons. The zero-order chi connectivity index (χ0) is 10.3. The van der Waals surface area contributed by atoms with Gasteiger partial charge in [0.05, 0.1) is 0 Å². The van der Waals surface area contributed by atoms with Gasteiger partial charge in [-0.25, -0.2) is 0 Å². The SMILES string of the molecule is O[C@@]1(c2ccccc2)Cc2ccccc21. The monoisotopic (exact) mass is 196 g/mol. The van der Waals surface area contributed by atoms with Gasteiger partial charge in [0.2, 0.25) is 0 Å². The summed E-state index contributed by atoms with van der Waals surface area (Å²) in [4.78, 5) is 0. The van der Waals surface area contributed by atoms with Crippen LogP contribution in [0.25, 0.3) is 0 Å². The van der Waals surface area contributed by atoms with Crippen LogP contribution < -0.4 is 0 Å². The summed E-state index contributed by atoms with van der Waals surface area (Å²) in [6.45, 7) is 0. The summed E-state index contributed by atoms with van der Waals surface area (Å²) in [5, 5.41) is 10.5. The molecule has 1 N–H and O–H groups in total. The number of benzene rings is 2. The highest BCUT2D eigenvalue weighted by molar-refractivity contribution is 5.50. The molecule has 3 rings (SSSR count). The first-order valence-electron chi connectivity index (χ1n) is 5.17. The number of hydrogen-bond donors (Lipinski definition) is 1. The molecular weight excluding hydrogens is 184 g/mol. The molecule has 0 aliphatic heterocycles. The highest BCUT2D eigenvalue weighted by Gasteiger charge is 2.41. The van der Waals surface area contributed by atoms with Gasteiger partial charge >= 0.3 is 0 Å². The summed E-state index contributed by atoms with van der Waals surface area (Å²) in [5.74, 6) is 0. The first-order chi connectivity index (χ1) is 7.31. The number of fused-ring (bicyclic) bond motifs is 1. The van der Waals surface area contributed by atoms with Crippen molar-refractivity contribution >= 4 is 0 Å². The van der Waals surface area contributed by atoms with E-state index in [4.69, 9.17) is 0 Å². The summed E-state index contributed by atoms with van der Waals surface area (Å²) in [7, 11) is 0. The lowest BCUT2D eigenvalue weighted by Gasteiger charge is -2.39. The largest absolute Gasteiger partial charge is 0.380 e. The summed E-state index contributed by atoms with van der Waals surface area (Å²) < 4.78 is 0. The molecule has 0 saturated heterocycles. The van der Waals surface area contributed by atoms with Crippen LogP contribution in [-0.4, -0.2) is 5.11 Å². The molecule has 0 bridgehead atoms. The van der Waals surface area contributed by atoms with Crippen LogP contribution in [0.15, 0.2) is 54.6 Å². The highest BCUT2D eigenvalue weighted by atomic mass is 16.3. The van der Waals surface area contributed by atoms with Gasteiger partial charge in [0, 0.05) is 6.42 Å². The van der Waals surface area contributed by atoms with E-state index in [2.05, 4.69) is 6.07 Å². The molecule has 0 saturated carbocycles. The molecule has 1 atom stereocenters. The van der Waals surface area contributed by atoms with E-state index >= 15 is 0 Å². The van der Waals surface area contributed by atoms with Crippen molar-refractivity contribution in [3.05, 3.63) is 71.3 Å². The number of aliphatic hydroxyl groups is 1. The molecule has 15 heavy (non-hydrogen) atoms. The first-order valence-corrected chi connectivity index (χ1v) is 5.17. The minimum atomic E-state index is -0.752. The van der Waals surface area contributed by atoms with Gasteiger partial charge in [0.15, 0.2) is 0 Å². The second-order valence-corrected chi connectivity index (χ2v) is 4.06. The maximum absolute atomic E-state index is 10.5. The predicted octanol–water partition coefficient (Wildman–Crippen LogP) is 2.48. The van der Waals surface area contributed by atoms with E-state index < -0.39 is 5.60 Å². The third-order valence-electron chi connectivity index (χ3n) is 3.16. The maximum atomic E-state index is 10.5. The Morgan fingerprint density at radius 3 is 2.27 bits per heavy atom. The molecule has 2 aromatic carbocycles. The van der Waals surface area contributed by atoms with Gasteiger partial charge in [-0.1, -0.05) is 54.6 Å². The highest BCUT2D eigenvalue weighted by Crippen LogP contribution is 2.43. The van der Waals surface area contributed by atoms with Crippen LogP contribution in [-0.2, 0) is 12.0 Å². The molecule has 0 fully saturated rings. The van der Waals surface area contributed by atoms with Crippen molar-refractivity contribution in [3.63, 3.8) is 0 Å². The molecule has 1 aliphatic carbocycles. The van der Waals surface area contributed by atoms with Crippen molar-refractivity contribution in [2.75, 3.05) is 0 Å². The third kappa shape index (κ3) is 1.13. The zero-order valence-electron chi connectivity index (χ0n) is 8.35. The molecule has 0 unspecified atom stereocenters. The smallest absolute Gasteiger partial charge is 0.119 e. The Hall–Kier alpha value is -1.60. The van der Waals surface area contributed by atoms with Crippen molar-refractivity contribution < 1.29 is 5.11 Å². The Balaban J connectivity index is 2.10. The van der Waals surface area contributed by atoms with Gasteiger partial charge in [-0.15, -0.1) is 0 Å². The van der Waals surface area contributed by atoms with E-state index in [0.29, 0.717) is 0 Å². The minimum absolute atomic E-state index is 0.729. The Morgan fingerprint density at radius 1 is 0.867 bits per heavy atom. The standard InChI is InChI=1S/C14H12O/c15-14(12-7-2-1-3-8-12)10-11-6-4-5-9-13(11)14/h1-9,15H,10H2/t14-/m1/s1. The topological polar surface area (TPSA) is 20.2 Å². The van der Waals surface area contributed by atoms with Gasteiger partial charge in [0.25, 0.3) is 0 Å². The van der Waals surface area contributed by atoms with Crippen LogP contribution >= 0.6 is 0 Å². The average Bonchev–Trinajstić information content (AvgIpc) is 2.29. The van der Waals surface area contributed by atoms with Gasteiger partial charge in [0.1, 0.15) is 5.60 Å². The molecule has 0 aromatic heterocycles. The molecule has 0 radical (unpaired) electrons. The van der Waals surface area contributed by atoms with Crippen molar-refractivity contribution in [1.29, 1.82) is 0 Å². The van der Waals surface area contributed by atoms with Gasteiger partial charge in [-0.05, 0) is 16.7 Å². The van der Waals surface area contributed by atoms with Gasteiger partial charge in [-0.2, -0.15) is 0 Å². The van der Waals surface area contributed by atoms with E-state index in [1.165, 1.54) is 5.56 Å². The average molecular weight is 196 g/mol. The van der Waals surface area contributed by atoms with Crippen LogP contribution in [0.5, 0.6) is 0 Å². The Bertz CT molecular complexity index is 490. The van der Waals surface area contributed by atoms with Crippen LogP contribution in [0.4, 0.5) is 0 Å². The molecule has 1 heteroatoms. The van der Waals surface area contributed by atoms with Crippen LogP contribution in [0, 0.1) is 0 Å². The van der Waals surface area contributed by atoms with Crippen LogP contribution in [0.3, 0.4) is 0 Å². The lowest BCUT2D eigenvalue weighted by Crippen LogP contribution is -2.39. The van der Waals surface area contributed by atoms with Crippen molar-refractivity contribution in [3.8, 4) is 0 Å². The summed E-state index contributed by atoms with van der Waals surface area (Å²) in [6.07, 6.45) is 0.729. The fraction of sp³-hybridized carbons (Fsp3) is 0.143. The van der Waals surface area contributed by atoms with E-state index in [1.807, 2.05) is 48.5 Å². The number of rotatable bonds is 1. The summed E-state index contributed by atoms with van der Waals surface area (Å²) in [5.41, 5.74) is 2.54. The van der Waals surface area contributed by atoms with E-state index in [1.54, 1.807) is 0 Å². The van der Waals surface area contributed by atoms with Gasteiger partial charge in [-0.3, -0.25) is 0 Å². The maximum Gasteiger partial charge on any atom is 0.119 e. The second-order valence-electron chi connectivity index (χ2n) is 4.06. The van der Waals surface area contributed by atoms with Crippen molar-refractivity contribution in [2.45, 2.75) is 12.0 Å². The second kappa shape index (κ2) is 2.94. The van der Waals surface area contributed by atoms with E-state index in [-0.39, 0.29) is 0 Å². The number of hydrogen-bond acceptors (Lipinski definition) is 1. The van der Waals surface area contributed by atoms with Crippen molar-refractivity contribution in [1.82, 2.24) is 0 Å². The molecule has 0 heterocycles. The molecule has 1 aliphatic rings. The Kier molecular flexibility index (Phi) is 1.70. The van der Waals surface area contributed by atoms with E-state index in [0.717, 1.165) is 17.5 Å². The fourth-order valence-corrected chi connectivity index (χ4v) is 2.31. The molecular formula is C14H12O. The molecule has 0 spiro atoms. The summed E-state index contributed by atoms with van der Waals surface area (Å²) >= 11 is 0. The van der Waals surface area contributed by atoms with Gasteiger partial charge < -0.3 is 5.11 Å².